The molecule has 1 heterocycles. The number of hydrogen-bond acceptors (Lipinski definition) is 3. The van der Waals surface area contributed by atoms with Crippen molar-refractivity contribution in [2.45, 2.75) is 25.2 Å². The Morgan fingerprint density at radius 1 is 1.24 bits per heavy atom. The molecule has 0 fully saturated rings. The van der Waals surface area contributed by atoms with Crippen LogP contribution in [-0.4, -0.2) is 12.2 Å². The lowest BCUT2D eigenvalue weighted by molar-refractivity contribution is 0.0638. The Morgan fingerprint density at radius 3 is 2.86 bits per heavy atom. The summed E-state index contributed by atoms with van der Waals surface area (Å²) in [5.74, 6) is 0.0396. The summed E-state index contributed by atoms with van der Waals surface area (Å²) in [6.45, 7) is 0.474. The maximum absolute atomic E-state index is 13.4. The minimum atomic E-state index is -0.657. The number of halogens is 1. The first kappa shape index (κ1) is 14.0. The molecule has 0 amide bonds. The SMILES string of the molecule is COCc1ccccc1C1CC(O)c2ccc(F)cc2O1. The quantitative estimate of drug-likeness (QED) is 0.939. The topological polar surface area (TPSA) is 38.7 Å². The van der Waals surface area contributed by atoms with E-state index in [4.69, 9.17) is 9.47 Å². The van der Waals surface area contributed by atoms with Crippen LogP contribution in [0.1, 0.15) is 35.3 Å². The molecule has 1 aliphatic rings. The van der Waals surface area contributed by atoms with Gasteiger partial charge in [0.25, 0.3) is 0 Å². The van der Waals surface area contributed by atoms with Crippen molar-refractivity contribution in [1.29, 1.82) is 0 Å². The molecule has 0 spiro atoms. The summed E-state index contributed by atoms with van der Waals surface area (Å²) in [5, 5.41) is 10.3. The maximum Gasteiger partial charge on any atom is 0.128 e. The van der Waals surface area contributed by atoms with E-state index in [0.29, 0.717) is 24.3 Å². The normalized spacial score (nSPS) is 20.7. The number of hydrogen-bond donors (Lipinski definition) is 1. The van der Waals surface area contributed by atoms with Gasteiger partial charge in [-0.05, 0) is 23.3 Å². The lowest BCUT2D eigenvalue weighted by Crippen LogP contribution is -2.20. The van der Waals surface area contributed by atoms with Crippen molar-refractivity contribution < 1.29 is 19.0 Å². The van der Waals surface area contributed by atoms with Crippen LogP contribution in [-0.2, 0) is 11.3 Å². The van der Waals surface area contributed by atoms with Gasteiger partial charge in [0.05, 0.1) is 12.7 Å². The average molecular weight is 288 g/mol. The largest absolute Gasteiger partial charge is 0.485 e. The minimum Gasteiger partial charge on any atom is -0.485 e. The molecule has 0 saturated carbocycles. The molecule has 2 aromatic rings. The second kappa shape index (κ2) is 5.84. The van der Waals surface area contributed by atoms with Crippen LogP contribution < -0.4 is 4.74 Å². The summed E-state index contributed by atoms with van der Waals surface area (Å²) >= 11 is 0. The monoisotopic (exact) mass is 288 g/mol. The summed E-state index contributed by atoms with van der Waals surface area (Å²) in [6, 6.07) is 12.0. The van der Waals surface area contributed by atoms with Gasteiger partial charge in [0.2, 0.25) is 0 Å². The van der Waals surface area contributed by atoms with E-state index < -0.39 is 6.10 Å². The fraction of sp³-hybridized carbons (Fsp3) is 0.294. The molecule has 2 atom stereocenters. The Kier molecular flexibility index (Phi) is 3.90. The van der Waals surface area contributed by atoms with Gasteiger partial charge in [0.1, 0.15) is 17.7 Å². The van der Waals surface area contributed by atoms with E-state index in [1.54, 1.807) is 13.2 Å². The third-order valence-electron chi connectivity index (χ3n) is 3.74. The highest BCUT2D eigenvalue weighted by Gasteiger charge is 2.29. The van der Waals surface area contributed by atoms with Gasteiger partial charge in [0, 0.05) is 25.2 Å². The molecule has 0 saturated heterocycles. The Labute approximate surface area is 122 Å². The fourth-order valence-electron chi connectivity index (χ4n) is 2.74. The highest BCUT2D eigenvalue weighted by Crippen LogP contribution is 2.41. The van der Waals surface area contributed by atoms with Gasteiger partial charge in [0.15, 0.2) is 0 Å². The summed E-state index contributed by atoms with van der Waals surface area (Å²) in [5.41, 5.74) is 2.61. The molecule has 2 aromatic carbocycles. The average Bonchev–Trinajstić information content (AvgIpc) is 2.47. The molecule has 0 bridgehead atoms. The van der Waals surface area contributed by atoms with Crippen molar-refractivity contribution >= 4 is 0 Å². The van der Waals surface area contributed by atoms with Gasteiger partial charge in [-0.3, -0.25) is 0 Å². The third-order valence-corrected chi connectivity index (χ3v) is 3.74. The summed E-state index contributed by atoms with van der Waals surface area (Å²) in [4.78, 5) is 0. The van der Waals surface area contributed by atoms with Crippen LogP contribution in [0.15, 0.2) is 42.5 Å². The lowest BCUT2D eigenvalue weighted by atomic mass is 9.92. The first-order chi connectivity index (χ1) is 10.2. The molecule has 2 unspecified atom stereocenters. The lowest BCUT2D eigenvalue weighted by Gasteiger charge is -2.31. The first-order valence-electron chi connectivity index (χ1n) is 6.90. The van der Waals surface area contributed by atoms with Gasteiger partial charge in [-0.25, -0.2) is 4.39 Å². The third kappa shape index (κ3) is 2.77. The number of rotatable bonds is 3. The molecule has 0 aliphatic carbocycles. The second-order valence-electron chi connectivity index (χ2n) is 5.17. The predicted octanol–water partition coefficient (Wildman–Crippen LogP) is 3.53. The van der Waals surface area contributed by atoms with Crippen molar-refractivity contribution in [3.8, 4) is 5.75 Å². The summed E-state index contributed by atoms with van der Waals surface area (Å²) in [6.07, 6.45) is -0.519. The number of methoxy groups -OCH3 is 1. The van der Waals surface area contributed by atoms with Crippen molar-refractivity contribution in [3.63, 3.8) is 0 Å². The van der Waals surface area contributed by atoms with Crippen molar-refractivity contribution in [3.05, 3.63) is 65.0 Å². The number of benzene rings is 2. The molecule has 3 nitrogen and oxygen atoms in total. The number of aliphatic hydroxyl groups is 1. The van der Waals surface area contributed by atoms with Crippen LogP contribution in [0.5, 0.6) is 5.75 Å². The van der Waals surface area contributed by atoms with E-state index in [9.17, 15) is 9.50 Å². The van der Waals surface area contributed by atoms with E-state index in [2.05, 4.69) is 0 Å². The molecule has 1 N–H and O–H groups in total. The van der Waals surface area contributed by atoms with Crippen LogP contribution in [0, 0.1) is 5.82 Å². The van der Waals surface area contributed by atoms with Gasteiger partial charge in [-0.2, -0.15) is 0 Å². The second-order valence-corrected chi connectivity index (χ2v) is 5.17. The van der Waals surface area contributed by atoms with Crippen LogP contribution in [0.4, 0.5) is 4.39 Å². The molecular formula is C17H17FO3. The van der Waals surface area contributed by atoms with E-state index in [0.717, 1.165) is 11.1 Å². The molecule has 110 valence electrons. The molecule has 3 rings (SSSR count). The van der Waals surface area contributed by atoms with Gasteiger partial charge >= 0.3 is 0 Å². The highest BCUT2D eigenvalue weighted by atomic mass is 19.1. The standard InChI is InChI=1S/C17H17FO3/c1-20-10-11-4-2-3-5-13(11)17-9-15(19)14-7-6-12(18)8-16(14)21-17/h2-8,15,17,19H,9-10H2,1H3. The Bertz CT molecular complexity index is 642. The Balaban J connectivity index is 1.95. The fourth-order valence-corrected chi connectivity index (χ4v) is 2.74. The van der Waals surface area contributed by atoms with E-state index in [1.807, 2.05) is 24.3 Å². The van der Waals surface area contributed by atoms with Gasteiger partial charge in [-0.15, -0.1) is 0 Å². The minimum absolute atomic E-state index is 0.305. The zero-order valence-corrected chi connectivity index (χ0v) is 11.8. The van der Waals surface area contributed by atoms with Gasteiger partial charge < -0.3 is 14.6 Å². The van der Waals surface area contributed by atoms with Gasteiger partial charge in [-0.1, -0.05) is 24.3 Å². The maximum atomic E-state index is 13.4. The molecule has 4 heteroatoms. The predicted molar refractivity (Wildman–Crippen MR) is 76.5 cm³/mol. The first-order valence-corrected chi connectivity index (χ1v) is 6.90. The van der Waals surface area contributed by atoms with Crippen molar-refractivity contribution in [1.82, 2.24) is 0 Å². The Hall–Kier alpha value is -1.91. The smallest absolute Gasteiger partial charge is 0.128 e. The van der Waals surface area contributed by atoms with E-state index in [-0.39, 0.29) is 11.9 Å². The Morgan fingerprint density at radius 2 is 2.05 bits per heavy atom. The molecular weight excluding hydrogens is 271 g/mol. The van der Waals surface area contributed by atoms with Crippen molar-refractivity contribution in [2.24, 2.45) is 0 Å². The van der Waals surface area contributed by atoms with E-state index in [1.165, 1.54) is 12.1 Å². The summed E-state index contributed by atoms with van der Waals surface area (Å²) in [7, 11) is 1.64. The number of ether oxygens (including phenoxy) is 2. The molecule has 21 heavy (non-hydrogen) atoms. The van der Waals surface area contributed by atoms with Crippen LogP contribution in [0.2, 0.25) is 0 Å². The van der Waals surface area contributed by atoms with Crippen molar-refractivity contribution in [2.75, 3.05) is 7.11 Å². The van der Waals surface area contributed by atoms with Crippen LogP contribution >= 0.6 is 0 Å². The molecule has 0 aromatic heterocycles. The number of fused-ring (bicyclic) bond motifs is 1. The zero-order chi connectivity index (χ0) is 14.8. The van der Waals surface area contributed by atoms with E-state index >= 15 is 0 Å². The highest BCUT2D eigenvalue weighted by molar-refractivity contribution is 5.40. The van der Waals surface area contributed by atoms with Crippen LogP contribution in [0.25, 0.3) is 0 Å². The molecule has 1 aliphatic heterocycles. The van der Waals surface area contributed by atoms with Crippen LogP contribution in [0.3, 0.4) is 0 Å². The zero-order valence-electron chi connectivity index (χ0n) is 11.8. The molecule has 0 radical (unpaired) electrons. The summed E-state index contributed by atoms with van der Waals surface area (Å²) < 4.78 is 24.5. The number of aliphatic hydroxyl groups excluding tert-OH is 1.